The number of carbonyl (C=O) groups is 3. The van der Waals surface area contributed by atoms with Crippen molar-refractivity contribution >= 4 is 29.6 Å². The lowest BCUT2D eigenvalue weighted by atomic mass is 10.0. The van der Waals surface area contributed by atoms with Crippen LogP contribution in [0, 0.1) is 13.8 Å². The molecule has 5 nitrogen and oxygen atoms in total. The number of rotatable bonds is 2. The molecule has 5 heteroatoms. The van der Waals surface area contributed by atoms with Crippen LogP contribution >= 0.6 is 0 Å². The summed E-state index contributed by atoms with van der Waals surface area (Å²) in [6, 6.07) is 13.7. The Morgan fingerprint density at radius 2 is 1.71 bits per heavy atom. The highest BCUT2D eigenvalue weighted by atomic mass is 16.2. The number of amides is 4. The number of aryl methyl sites for hydroxylation is 2. The van der Waals surface area contributed by atoms with E-state index in [0.717, 1.165) is 21.6 Å². The van der Waals surface area contributed by atoms with Crippen LogP contribution in [0.1, 0.15) is 16.7 Å². The van der Waals surface area contributed by atoms with Crippen LogP contribution in [0.25, 0.3) is 6.08 Å². The predicted molar refractivity (Wildman–Crippen MR) is 91.4 cm³/mol. The van der Waals surface area contributed by atoms with Crippen LogP contribution in [0.4, 0.5) is 10.5 Å². The molecule has 3 rings (SSSR count). The molecule has 0 radical (unpaired) electrons. The van der Waals surface area contributed by atoms with Crippen molar-refractivity contribution in [3.8, 4) is 0 Å². The zero-order valence-corrected chi connectivity index (χ0v) is 13.4. The van der Waals surface area contributed by atoms with Crippen molar-refractivity contribution in [2.45, 2.75) is 13.8 Å². The van der Waals surface area contributed by atoms with Gasteiger partial charge in [0.25, 0.3) is 11.8 Å². The van der Waals surface area contributed by atoms with E-state index < -0.39 is 17.8 Å². The fraction of sp³-hybridized carbons (Fsp3) is 0.105. The van der Waals surface area contributed by atoms with E-state index in [1.54, 1.807) is 18.2 Å². The van der Waals surface area contributed by atoms with E-state index in [1.165, 1.54) is 6.08 Å². The summed E-state index contributed by atoms with van der Waals surface area (Å²) in [6.45, 7) is 3.76. The molecular weight excluding hydrogens is 304 g/mol. The summed E-state index contributed by atoms with van der Waals surface area (Å²) in [5.41, 5.74) is 2.97. The lowest BCUT2D eigenvalue weighted by molar-refractivity contribution is -0.122. The molecule has 2 aromatic carbocycles. The van der Waals surface area contributed by atoms with Crippen molar-refractivity contribution < 1.29 is 14.4 Å². The van der Waals surface area contributed by atoms with Gasteiger partial charge >= 0.3 is 6.03 Å². The molecule has 1 saturated heterocycles. The van der Waals surface area contributed by atoms with Crippen LogP contribution in [0.5, 0.6) is 0 Å². The highest BCUT2D eigenvalue weighted by Crippen LogP contribution is 2.23. The molecule has 0 atom stereocenters. The first kappa shape index (κ1) is 15.7. The summed E-state index contributed by atoms with van der Waals surface area (Å²) in [5, 5.41) is 2.23. The molecule has 1 aliphatic heterocycles. The zero-order valence-electron chi connectivity index (χ0n) is 13.4. The molecule has 0 saturated carbocycles. The van der Waals surface area contributed by atoms with E-state index in [0.29, 0.717) is 5.69 Å². The van der Waals surface area contributed by atoms with Gasteiger partial charge in [0.15, 0.2) is 0 Å². The Hall–Kier alpha value is -3.21. The van der Waals surface area contributed by atoms with Crippen LogP contribution in [0.15, 0.2) is 54.1 Å². The van der Waals surface area contributed by atoms with E-state index in [-0.39, 0.29) is 5.57 Å². The maximum Gasteiger partial charge on any atom is 0.335 e. The van der Waals surface area contributed by atoms with Crippen LogP contribution in [-0.4, -0.2) is 17.8 Å². The number of hydrogen-bond acceptors (Lipinski definition) is 3. The van der Waals surface area contributed by atoms with Gasteiger partial charge in [0.2, 0.25) is 0 Å². The summed E-state index contributed by atoms with van der Waals surface area (Å²) < 4.78 is 0. The minimum atomic E-state index is -0.738. The largest absolute Gasteiger partial charge is 0.335 e. The fourth-order valence-electron chi connectivity index (χ4n) is 2.56. The Kier molecular flexibility index (Phi) is 4.00. The fourth-order valence-corrected chi connectivity index (χ4v) is 2.56. The molecule has 1 N–H and O–H groups in total. The van der Waals surface area contributed by atoms with E-state index in [9.17, 15) is 14.4 Å². The number of nitrogens with one attached hydrogen (secondary N) is 1. The Morgan fingerprint density at radius 1 is 0.958 bits per heavy atom. The number of imide groups is 2. The molecular formula is C19H16N2O3. The van der Waals surface area contributed by atoms with Crippen molar-refractivity contribution in [3.05, 3.63) is 70.8 Å². The number of benzene rings is 2. The van der Waals surface area contributed by atoms with Gasteiger partial charge in [-0.25, -0.2) is 9.69 Å². The lowest BCUT2D eigenvalue weighted by Crippen LogP contribution is -2.54. The van der Waals surface area contributed by atoms with Crippen LogP contribution < -0.4 is 10.2 Å². The van der Waals surface area contributed by atoms with Crippen molar-refractivity contribution in [2.24, 2.45) is 0 Å². The minimum absolute atomic E-state index is 0.0644. The Balaban J connectivity index is 2.05. The number of hydrogen-bond donors (Lipinski definition) is 1. The second kappa shape index (κ2) is 6.12. The molecule has 4 amide bonds. The molecule has 0 aromatic heterocycles. The second-order valence-electron chi connectivity index (χ2n) is 5.65. The molecule has 1 fully saturated rings. The maximum absolute atomic E-state index is 12.7. The van der Waals surface area contributed by atoms with Crippen LogP contribution in [0.3, 0.4) is 0 Å². The molecule has 0 bridgehead atoms. The van der Waals surface area contributed by atoms with Gasteiger partial charge in [-0.3, -0.25) is 14.9 Å². The molecule has 1 heterocycles. The first-order valence-corrected chi connectivity index (χ1v) is 7.51. The van der Waals surface area contributed by atoms with Gasteiger partial charge in [0, 0.05) is 0 Å². The number of nitrogens with zero attached hydrogens (tertiary/aromatic N) is 1. The van der Waals surface area contributed by atoms with Gasteiger partial charge in [-0.1, -0.05) is 36.4 Å². The van der Waals surface area contributed by atoms with Crippen molar-refractivity contribution in [1.29, 1.82) is 0 Å². The molecule has 120 valence electrons. The highest BCUT2D eigenvalue weighted by molar-refractivity contribution is 6.39. The molecule has 24 heavy (non-hydrogen) atoms. The lowest BCUT2D eigenvalue weighted by Gasteiger charge is -2.26. The van der Waals surface area contributed by atoms with Gasteiger partial charge in [-0.05, 0) is 48.7 Å². The summed E-state index contributed by atoms with van der Waals surface area (Å²) in [5.74, 6) is -1.31. The maximum atomic E-state index is 12.7. The van der Waals surface area contributed by atoms with Crippen LogP contribution in [-0.2, 0) is 9.59 Å². The van der Waals surface area contributed by atoms with Gasteiger partial charge in [-0.2, -0.15) is 0 Å². The van der Waals surface area contributed by atoms with Crippen molar-refractivity contribution in [2.75, 3.05) is 4.90 Å². The molecule has 2 aromatic rings. The number of urea groups is 1. The monoisotopic (exact) mass is 320 g/mol. The predicted octanol–water partition coefficient (Wildman–Crippen LogP) is 2.97. The van der Waals surface area contributed by atoms with Crippen molar-refractivity contribution in [3.63, 3.8) is 0 Å². The Morgan fingerprint density at radius 3 is 2.42 bits per heavy atom. The summed E-state index contributed by atoms with van der Waals surface area (Å²) in [6.07, 6.45) is 1.52. The van der Waals surface area contributed by atoms with E-state index >= 15 is 0 Å². The highest BCUT2D eigenvalue weighted by Gasteiger charge is 2.36. The van der Waals surface area contributed by atoms with E-state index in [4.69, 9.17) is 0 Å². The molecule has 1 aliphatic rings. The normalized spacial score (nSPS) is 16.5. The summed E-state index contributed by atoms with van der Waals surface area (Å²) >= 11 is 0. The third-order valence-corrected chi connectivity index (χ3v) is 3.85. The molecule has 0 spiro atoms. The van der Waals surface area contributed by atoms with E-state index in [1.807, 2.05) is 44.2 Å². The SMILES string of the molecule is Cc1cccc(N2C(=O)NC(=O)/C(=C\c3ccccc3C)C2=O)c1. The standard InChI is InChI=1S/C19H16N2O3/c1-12-6-5-9-15(10-12)21-18(23)16(17(22)20-19(21)24)11-14-8-4-3-7-13(14)2/h3-11H,1-2H3,(H,20,22,24)/b16-11+. The smallest absolute Gasteiger partial charge is 0.273 e. The summed E-state index contributed by atoms with van der Waals surface area (Å²) in [4.78, 5) is 38.0. The van der Waals surface area contributed by atoms with Gasteiger partial charge < -0.3 is 0 Å². The second-order valence-corrected chi connectivity index (χ2v) is 5.65. The third kappa shape index (κ3) is 2.84. The average Bonchev–Trinajstić information content (AvgIpc) is 2.53. The molecule has 0 unspecified atom stereocenters. The van der Waals surface area contributed by atoms with E-state index in [2.05, 4.69) is 5.32 Å². The van der Waals surface area contributed by atoms with Gasteiger partial charge in [0.05, 0.1) is 5.69 Å². The summed E-state index contributed by atoms with van der Waals surface area (Å²) in [7, 11) is 0. The number of anilines is 1. The average molecular weight is 320 g/mol. The van der Waals surface area contributed by atoms with Crippen LogP contribution in [0.2, 0.25) is 0 Å². The Labute approximate surface area is 139 Å². The molecule has 0 aliphatic carbocycles. The zero-order chi connectivity index (χ0) is 17.3. The van der Waals surface area contributed by atoms with Crippen molar-refractivity contribution in [1.82, 2.24) is 5.32 Å². The van der Waals surface area contributed by atoms with Gasteiger partial charge in [0.1, 0.15) is 5.57 Å². The topological polar surface area (TPSA) is 66.5 Å². The number of barbiturate groups is 1. The third-order valence-electron chi connectivity index (χ3n) is 3.85. The first-order valence-electron chi connectivity index (χ1n) is 7.51. The quantitative estimate of drug-likeness (QED) is 0.683. The number of carbonyl (C=O) groups excluding carboxylic acids is 3. The van der Waals surface area contributed by atoms with Gasteiger partial charge in [-0.15, -0.1) is 0 Å². The Bertz CT molecular complexity index is 884. The minimum Gasteiger partial charge on any atom is -0.273 e. The first-order chi connectivity index (χ1) is 11.5.